The zero-order chi connectivity index (χ0) is 12.7. The molecule has 0 aliphatic rings. The van der Waals surface area contributed by atoms with E-state index in [0.29, 0.717) is 6.42 Å². The molecule has 0 bridgehead atoms. The smallest absolute Gasteiger partial charge is 0.327 e. The molecule has 1 rings (SSSR count). The van der Waals surface area contributed by atoms with Crippen LogP contribution < -0.4 is 5.32 Å². The van der Waals surface area contributed by atoms with Crippen molar-refractivity contribution in [2.24, 2.45) is 0 Å². The van der Waals surface area contributed by atoms with Crippen molar-refractivity contribution in [3.8, 4) is 12.3 Å². The average Bonchev–Trinajstić information content (AvgIpc) is 2.78. The second-order valence-electron chi connectivity index (χ2n) is 3.45. The Morgan fingerprint density at radius 3 is 2.88 bits per heavy atom. The van der Waals surface area contributed by atoms with Gasteiger partial charge in [-0.3, -0.25) is 4.79 Å². The third-order valence-electron chi connectivity index (χ3n) is 2.13. The molecule has 4 nitrogen and oxygen atoms in total. The first-order valence-electron chi connectivity index (χ1n) is 5.11. The Bertz CT molecular complexity index is 419. The molecule has 0 spiro atoms. The number of thiophene rings is 1. The van der Waals surface area contributed by atoms with E-state index in [1.807, 2.05) is 17.5 Å². The molecule has 0 fully saturated rings. The van der Waals surface area contributed by atoms with Crippen LogP contribution in [0.4, 0.5) is 0 Å². The Morgan fingerprint density at radius 2 is 2.35 bits per heavy atom. The Balaban J connectivity index is 2.37. The summed E-state index contributed by atoms with van der Waals surface area (Å²) in [7, 11) is 0. The minimum atomic E-state index is -1.10. The van der Waals surface area contributed by atoms with Gasteiger partial charge in [-0.15, -0.1) is 23.7 Å². The van der Waals surface area contributed by atoms with Crippen molar-refractivity contribution in [2.75, 3.05) is 0 Å². The number of terminal acetylenes is 1. The lowest BCUT2D eigenvalue weighted by atomic mass is 10.2. The van der Waals surface area contributed by atoms with E-state index < -0.39 is 12.0 Å². The van der Waals surface area contributed by atoms with Gasteiger partial charge in [0.05, 0.1) is 0 Å². The molecule has 0 saturated carbocycles. The van der Waals surface area contributed by atoms with E-state index in [0.717, 1.165) is 4.88 Å². The van der Waals surface area contributed by atoms with Crippen molar-refractivity contribution in [1.82, 2.24) is 5.32 Å². The molecule has 5 heteroatoms. The van der Waals surface area contributed by atoms with E-state index in [-0.39, 0.29) is 18.7 Å². The quantitative estimate of drug-likeness (QED) is 0.748. The molecule has 1 heterocycles. The van der Waals surface area contributed by atoms with Crippen molar-refractivity contribution in [2.45, 2.75) is 25.3 Å². The lowest BCUT2D eigenvalue weighted by Gasteiger charge is -2.11. The Labute approximate surface area is 104 Å². The van der Waals surface area contributed by atoms with Gasteiger partial charge in [-0.25, -0.2) is 4.79 Å². The minimum absolute atomic E-state index is 0.0000747. The molecule has 1 amide bonds. The zero-order valence-electron chi connectivity index (χ0n) is 9.18. The SMILES string of the molecule is C#CCC(NC(=O)CCc1cccs1)C(=O)O. The predicted octanol–water partition coefficient (Wildman–Crippen LogP) is 1.27. The number of carbonyl (C=O) groups excluding carboxylic acids is 1. The molecule has 1 aromatic heterocycles. The van der Waals surface area contributed by atoms with Crippen LogP contribution in [0.5, 0.6) is 0 Å². The molecule has 90 valence electrons. The summed E-state index contributed by atoms with van der Waals surface area (Å²) in [6.07, 6.45) is 5.92. The van der Waals surface area contributed by atoms with Crippen LogP contribution in [-0.4, -0.2) is 23.0 Å². The van der Waals surface area contributed by atoms with Gasteiger partial charge in [0.25, 0.3) is 0 Å². The van der Waals surface area contributed by atoms with Gasteiger partial charge < -0.3 is 10.4 Å². The number of hydrogen-bond donors (Lipinski definition) is 2. The highest BCUT2D eigenvalue weighted by Gasteiger charge is 2.18. The number of amides is 1. The number of aliphatic carboxylic acids is 1. The first-order chi connectivity index (χ1) is 8.13. The van der Waals surface area contributed by atoms with Crippen LogP contribution >= 0.6 is 11.3 Å². The standard InChI is InChI=1S/C12H13NO3S/c1-2-4-10(12(15)16)13-11(14)7-6-9-5-3-8-17-9/h1,3,5,8,10H,4,6-7H2,(H,13,14)(H,15,16). The fourth-order valence-corrected chi connectivity index (χ4v) is 1.98. The highest BCUT2D eigenvalue weighted by Crippen LogP contribution is 2.10. The molecular formula is C12H13NO3S. The van der Waals surface area contributed by atoms with Crippen molar-refractivity contribution >= 4 is 23.2 Å². The van der Waals surface area contributed by atoms with Gasteiger partial charge in [0, 0.05) is 17.7 Å². The topological polar surface area (TPSA) is 66.4 Å². The molecule has 1 aromatic rings. The van der Waals surface area contributed by atoms with E-state index >= 15 is 0 Å². The second kappa shape index (κ2) is 6.71. The Hall–Kier alpha value is -1.80. The number of nitrogens with one attached hydrogen (secondary N) is 1. The van der Waals surface area contributed by atoms with E-state index in [4.69, 9.17) is 11.5 Å². The first kappa shape index (κ1) is 13.3. The molecule has 0 aromatic carbocycles. The highest BCUT2D eigenvalue weighted by molar-refractivity contribution is 7.09. The first-order valence-corrected chi connectivity index (χ1v) is 5.99. The molecule has 0 aliphatic carbocycles. The fourth-order valence-electron chi connectivity index (χ4n) is 1.28. The van der Waals surface area contributed by atoms with Gasteiger partial charge in [-0.1, -0.05) is 6.07 Å². The number of aryl methyl sites for hydroxylation is 1. The number of carboxylic acids is 1. The van der Waals surface area contributed by atoms with Crippen molar-refractivity contribution < 1.29 is 14.7 Å². The Morgan fingerprint density at radius 1 is 1.59 bits per heavy atom. The number of hydrogen-bond acceptors (Lipinski definition) is 3. The molecule has 0 radical (unpaired) electrons. The molecule has 1 atom stereocenters. The molecular weight excluding hydrogens is 238 g/mol. The highest BCUT2D eigenvalue weighted by atomic mass is 32.1. The van der Waals surface area contributed by atoms with Crippen LogP contribution in [0.2, 0.25) is 0 Å². The van der Waals surface area contributed by atoms with Gasteiger partial charge in [-0.2, -0.15) is 0 Å². The lowest BCUT2D eigenvalue weighted by Crippen LogP contribution is -2.40. The third-order valence-corrected chi connectivity index (χ3v) is 3.07. The van der Waals surface area contributed by atoms with Crippen LogP contribution in [0.1, 0.15) is 17.7 Å². The van der Waals surface area contributed by atoms with Gasteiger partial charge in [-0.05, 0) is 17.9 Å². The van der Waals surface area contributed by atoms with E-state index in [2.05, 4.69) is 11.2 Å². The molecule has 2 N–H and O–H groups in total. The van der Waals surface area contributed by atoms with E-state index in [9.17, 15) is 9.59 Å². The zero-order valence-corrected chi connectivity index (χ0v) is 10.00. The van der Waals surface area contributed by atoms with Crippen LogP contribution in [0.3, 0.4) is 0 Å². The summed E-state index contributed by atoms with van der Waals surface area (Å²) >= 11 is 1.57. The van der Waals surface area contributed by atoms with Crippen molar-refractivity contribution in [3.05, 3.63) is 22.4 Å². The second-order valence-corrected chi connectivity index (χ2v) is 4.48. The van der Waals surface area contributed by atoms with Gasteiger partial charge in [0.15, 0.2) is 0 Å². The molecule has 1 unspecified atom stereocenters. The summed E-state index contributed by atoms with van der Waals surface area (Å²) in [5, 5.41) is 13.1. The summed E-state index contributed by atoms with van der Waals surface area (Å²) in [6.45, 7) is 0. The third kappa shape index (κ3) is 4.70. The summed E-state index contributed by atoms with van der Waals surface area (Å²) < 4.78 is 0. The largest absolute Gasteiger partial charge is 0.480 e. The normalized spacial score (nSPS) is 11.5. The lowest BCUT2D eigenvalue weighted by molar-refractivity contribution is -0.141. The summed E-state index contributed by atoms with van der Waals surface area (Å²) in [5.74, 6) is 0.836. The maximum atomic E-state index is 11.5. The molecule has 0 aliphatic heterocycles. The van der Waals surface area contributed by atoms with Gasteiger partial charge in [0.2, 0.25) is 5.91 Å². The maximum absolute atomic E-state index is 11.5. The maximum Gasteiger partial charge on any atom is 0.327 e. The van der Waals surface area contributed by atoms with Gasteiger partial charge in [0.1, 0.15) is 6.04 Å². The molecule has 17 heavy (non-hydrogen) atoms. The van der Waals surface area contributed by atoms with Crippen molar-refractivity contribution in [3.63, 3.8) is 0 Å². The number of carbonyl (C=O) groups is 2. The minimum Gasteiger partial charge on any atom is -0.480 e. The van der Waals surface area contributed by atoms with Crippen LogP contribution in [0, 0.1) is 12.3 Å². The van der Waals surface area contributed by atoms with Gasteiger partial charge >= 0.3 is 5.97 Å². The van der Waals surface area contributed by atoms with E-state index in [1.54, 1.807) is 11.3 Å². The van der Waals surface area contributed by atoms with Crippen molar-refractivity contribution in [1.29, 1.82) is 0 Å². The summed E-state index contributed by atoms with van der Waals surface area (Å²) in [6, 6.07) is 2.86. The van der Waals surface area contributed by atoms with Crippen LogP contribution in [0.15, 0.2) is 17.5 Å². The fraction of sp³-hybridized carbons (Fsp3) is 0.333. The predicted molar refractivity (Wildman–Crippen MR) is 65.7 cm³/mol. The van der Waals surface area contributed by atoms with Crippen LogP contribution in [0.25, 0.3) is 0 Å². The van der Waals surface area contributed by atoms with E-state index in [1.165, 1.54) is 0 Å². The average molecular weight is 251 g/mol. The number of carboxylic acid groups (broad SMARTS) is 1. The Kier molecular flexibility index (Phi) is 5.24. The summed E-state index contributed by atoms with van der Waals surface area (Å²) in [4.78, 5) is 23.3. The van der Waals surface area contributed by atoms with Crippen LogP contribution in [-0.2, 0) is 16.0 Å². The summed E-state index contributed by atoms with van der Waals surface area (Å²) in [5.41, 5.74) is 0. The number of rotatable bonds is 6. The molecule has 0 saturated heterocycles. The monoisotopic (exact) mass is 251 g/mol.